The number of phenolic OH excluding ortho intramolecular Hbond substituents is 1. The summed E-state index contributed by atoms with van der Waals surface area (Å²) in [5.41, 5.74) is 1.05. The van der Waals surface area contributed by atoms with Gasteiger partial charge in [-0.2, -0.15) is 0 Å². The smallest absolute Gasteiger partial charge is 0.165 e. The van der Waals surface area contributed by atoms with E-state index in [-0.39, 0.29) is 11.2 Å². The van der Waals surface area contributed by atoms with Gasteiger partial charge in [0.2, 0.25) is 0 Å². The summed E-state index contributed by atoms with van der Waals surface area (Å²) in [6.07, 6.45) is 0. The molecule has 0 radical (unpaired) electrons. The van der Waals surface area contributed by atoms with Gasteiger partial charge in [-0.15, -0.1) is 0 Å². The van der Waals surface area contributed by atoms with E-state index >= 15 is 0 Å². The molecule has 0 aliphatic carbocycles. The summed E-state index contributed by atoms with van der Waals surface area (Å²) in [6, 6.07) is 4.44. The van der Waals surface area contributed by atoms with Gasteiger partial charge in [0, 0.05) is 18.5 Å². The number of halogens is 1. The predicted molar refractivity (Wildman–Crippen MR) is 58.7 cm³/mol. The Morgan fingerprint density at radius 1 is 1.50 bits per heavy atom. The van der Waals surface area contributed by atoms with Crippen LogP contribution >= 0.6 is 0 Å². The minimum Gasteiger partial charge on any atom is -0.505 e. The monoisotopic (exact) mass is 225 g/mol. The lowest BCUT2D eigenvalue weighted by atomic mass is 9.89. The molecule has 1 heterocycles. The fourth-order valence-electron chi connectivity index (χ4n) is 1.72. The molecule has 0 atom stereocenters. The standard InChI is InChI=1S/C12H16FNO2/c1-12(7-16-8-12)6-14-5-9-2-3-11(15)10(13)4-9/h2-4,14-15H,5-8H2,1H3. The van der Waals surface area contributed by atoms with Crippen molar-refractivity contribution in [3.05, 3.63) is 29.6 Å². The van der Waals surface area contributed by atoms with Gasteiger partial charge in [-0.3, -0.25) is 0 Å². The zero-order valence-corrected chi connectivity index (χ0v) is 9.29. The highest BCUT2D eigenvalue weighted by Crippen LogP contribution is 2.25. The lowest BCUT2D eigenvalue weighted by molar-refractivity contribution is -0.0991. The van der Waals surface area contributed by atoms with Gasteiger partial charge in [-0.05, 0) is 17.7 Å². The topological polar surface area (TPSA) is 41.5 Å². The van der Waals surface area contributed by atoms with Crippen molar-refractivity contribution >= 4 is 0 Å². The Labute approximate surface area is 94.2 Å². The molecular weight excluding hydrogens is 209 g/mol. The number of benzene rings is 1. The van der Waals surface area contributed by atoms with Crippen LogP contribution in [-0.4, -0.2) is 24.9 Å². The number of aromatic hydroxyl groups is 1. The Kier molecular flexibility index (Phi) is 3.12. The van der Waals surface area contributed by atoms with E-state index in [4.69, 9.17) is 9.84 Å². The molecule has 1 fully saturated rings. The van der Waals surface area contributed by atoms with Crippen molar-refractivity contribution < 1.29 is 14.2 Å². The van der Waals surface area contributed by atoms with E-state index in [1.54, 1.807) is 6.07 Å². The van der Waals surface area contributed by atoms with Crippen molar-refractivity contribution in [1.29, 1.82) is 0 Å². The lowest BCUT2D eigenvalue weighted by Crippen LogP contribution is -2.47. The van der Waals surface area contributed by atoms with Crippen molar-refractivity contribution in [2.75, 3.05) is 19.8 Å². The Balaban J connectivity index is 1.83. The molecule has 0 saturated carbocycles. The van der Waals surface area contributed by atoms with E-state index in [0.29, 0.717) is 6.54 Å². The first-order valence-electron chi connectivity index (χ1n) is 5.35. The van der Waals surface area contributed by atoms with Gasteiger partial charge in [0.05, 0.1) is 13.2 Å². The summed E-state index contributed by atoms with van der Waals surface area (Å²) < 4.78 is 18.2. The lowest BCUT2D eigenvalue weighted by Gasteiger charge is -2.38. The Morgan fingerprint density at radius 2 is 2.25 bits per heavy atom. The molecule has 1 aliphatic heterocycles. The van der Waals surface area contributed by atoms with Crippen LogP contribution in [0.25, 0.3) is 0 Å². The highest BCUT2D eigenvalue weighted by atomic mass is 19.1. The van der Waals surface area contributed by atoms with E-state index in [1.165, 1.54) is 12.1 Å². The molecule has 2 rings (SSSR count). The highest BCUT2D eigenvalue weighted by molar-refractivity contribution is 5.27. The van der Waals surface area contributed by atoms with E-state index in [1.807, 2.05) is 0 Å². The van der Waals surface area contributed by atoms with Crippen LogP contribution in [0.4, 0.5) is 4.39 Å². The van der Waals surface area contributed by atoms with Gasteiger partial charge in [-0.1, -0.05) is 13.0 Å². The fourth-order valence-corrected chi connectivity index (χ4v) is 1.72. The van der Waals surface area contributed by atoms with Crippen LogP contribution in [0, 0.1) is 11.2 Å². The molecule has 1 aromatic rings. The van der Waals surface area contributed by atoms with Crippen molar-refractivity contribution in [3.8, 4) is 5.75 Å². The number of hydrogen-bond donors (Lipinski definition) is 2. The van der Waals surface area contributed by atoms with Crippen LogP contribution in [0.3, 0.4) is 0 Å². The number of ether oxygens (including phenoxy) is 1. The third-order valence-corrected chi connectivity index (χ3v) is 2.79. The number of nitrogens with one attached hydrogen (secondary N) is 1. The molecule has 16 heavy (non-hydrogen) atoms. The SMILES string of the molecule is CC1(CNCc2ccc(O)c(F)c2)COC1. The number of rotatable bonds is 4. The largest absolute Gasteiger partial charge is 0.505 e. The maximum atomic E-state index is 13.0. The minimum atomic E-state index is -0.572. The fraction of sp³-hybridized carbons (Fsp3) is 0.500. The molecule has 1 aromatic carbocycles. The highest BCUT2D eigenvalue weighted by Gasteiger charge is 2.32. The average molecular weight is 225 g/mol. The summed E-state index contributed by atoms with van der Waals surface area (Å²) in [5.74, 6) is -0.874. The molecule has 0 amide bonds. The van der Waals surface area contributed by atoms with Crippen LogP contribution < -0.4 is 5.32 Å². The molecule has 88 valence electrons. The van der Waals surface area contributed by atoms with Gasteiger partial charge in [-0.25, -0.2) is 4.39 Å². The van der Waals surface area contributed by atoms with Crippen molar-refractivity contribution in [2.45, 2.75) is 13.5 Å². The Hall–Kier alpha value is -1.13. The van der Waals surface area contributed by atoms with Crippen LogP contribution in [-0.2, 0) is 11.3 Å². The van der Waals surface area contributed by atoms with E-state index in [2.05, 4.69) is 12.2 Å². The molecular formula is C12H16FNO2. The van der Waals surface area contributed by atoms with E-state index < -0.39 is 5.82 Å². The predicted octanol–water partition coefficient (Wildman–Crippen LogP) is 1.66. The van der Waals surface area contributed by atoms with Gasteiger partial charge >= 0.3 is 0 Å². The second-order valence-corrected chi connectivity index (χ2v) is 4.69. The Morgan fingerprint density at radius 3 is 2.81 bits per heavy atom. The second-order valence-electron chi connectivity index (χ2n) is 4.69. The first kappa shape index (κ1) is 11.4. The molecule has 0 aromatic heterocycles. The first-order valence-corrected chi connectivity index (χ1v) is 5.35. The second kappa shape index (κ2) is 4.39. The van der Waals surface area contributed by atoms with E-state index in [9.17, 15) is 4.39 Å². The van der Waals surface area contributed by atoms with Crippen LogP contribution in [0.15, 0.2) is 18.2 Å². The third kappa shape index (κ3) is 2.51. The first-order chi connectivity index (χ1) is 7.59. The Bertz CT molecular complexity index is 377. The zero-order valence-electron chi connectivity index (χ0n) is 9.29. The van der Waals surface area contributed by atoms with Crippen molar-refractivity contribution in [1.82, 2.24) is 5.32 Å². The molecule has 2 N–H and O–H groups in total. The molecule has 3 nitrogen and oxygen atoms in total. The third-order valence-electron chi connectivity index (χ3n) is 2.79. The van der Waals surface area contributed by atoms with E-state index in [0.717, 1.165) is 25.3 Å². The zero-order chi connectivity index (χ0) is 11.6. The van der Waals surface area contributed by atoms with Crippen molar-refractivity contribution in [3.63, 3.8) is 0 Å². The summed E-state index contributed by atoms with van der Waals surface area (Å²) in [7, 11) is 0. The van der Waals surface area contributed by atoms with Gasteiger partial charge in [0.1, 0.15) is 0 Å². The molecule has 0 unspecified atom stereocenters. The summed E-state index contributed by atoms with van der Waals surface area (Å²) in [6.45, 7) is 5.18. The van der Waals surface area contributed by atoms with Gasteiger partial charge in [0.15, 0.2) is 11.6 Å². The molecule has 1 aliphatic rings. The molecule has 1 saturated heterocycles. The van der Waals surface area contributed by atoms with Crippen LogP contribution in [0.1, 0.15) is 12.5 Å². The van der Waals surface area contributed by atoms with Crippen LogP contribution in [0.5, 0.6) is 5.75 Å². The maximum Gasteiger partial charge on any atom is 0.165 e. The van der Waals surface area contributed by atoms with Crippen LogP contribution in [0.2, 0.25) is 0 Å². The summed E-state index contributed by atoms with van der Waals surface area (Å²) in [5, 5.41) is 12.3. The quantitative estimate of drug-likeness (QED) is 0.818. The minimum absolute atomic E-state index is 0.218. The normalized spacial score (nSPS) is 18.1. The molecule has 4 heteroatoms. The number of hydrogen-bond acceptors (Lipinski definition) is 3. The van der Waals surface area contributed by atoms with Gasteiger partial charge in [0.25, 0.3) is 0 Å². The summed E-state index contributed by atoms with van der Waals surface area (Å²) in [4.78, 5) is 0. The summed E-state index contributed by atoms with van der Waals surface area (Å²) >= 11 is 0. The molecule has 0 bridgehead atoms. The average Bonchev–Trinajstić information content (AvgIpc) is 2.21. The van der Waals surface area contributed by atoms with Gasteiger partial charge < -0.3 is 15.2 Å². The van der Waals surface area contributed by atoms with Crippen molar-refractivity contribution in [2.24, 2.45) is 5.41 Å². The molecule has 0 spiro atoms. The maximum absolute atomic E-state index is 13.0. The number of phenols is 1.